The molecule has 3 heterocycles. The lowest BCUT2D eigenvalue weighted by Crippen LogP contribution is -2.48. The summed E-state index contributed by atoms with van der Waals surface area (Å²) in [6.45, 7) is 2.35. The third-order valence-corrected chi connectivity index (χ3v) is 6.07. The van der Waals surface area contributed by atoms with Gasteiger partial charge in [-0.05, 0) is 25.7 Å². The number of fused-ring (bicyclic) bond motifs is 1. The highest BCUT2D eigenvalue weighted by Crippen LogP contribution is 2.38. The molecule has 4 fully saturated rings. The number of nitrogens with zero attached hydrogens (tertiary/aromatic N) is 2. The highest BCUT2D eigenvalue weighted by atomic mass is 16.7. The lowest BCUT2D eigenvalue weighted by atomic mass is 9.81. The molecule has 7 nitrogen and oxygen atoms in total. The SMILES string of the molecule is O=C(CN1C(=O)C2CCCCC2C1=O)N1CCCC(C2OCCO2)C1. The number of amides is 3. The van der Waals surface area contributed by atoms with Crippen molar-refractivity contribution in [2.75, 3.05) is 32.8 Å². The summed E-state index contributed by atoms with van der Waals surface area (Å²) in [6, 6.07) is 0. The van der Waals surface area contributed by atoms with Crippen LogP contribution in [0.15, 0.2) is 0 Å². The predicted octanol–water partition coefficient (Wildman–Crippen LogP) is 0.773. The van der Waals surface area contributed by atoms with Gasteiger partial charge in [-0.25, -0.2) is 0 Å². The van der Waals surface area contributed by atoms with Crippen molar-refractivity contribution >= 4 is 17.7 Å². The molecule has 0 radical (unpaired) electrons. The number of hydrogen-bond acceptors (Lipinski definition) is 5. The van der Waals surface area contributed by atoms with Crippen LogP contribution in [0.25, 0.3) is 0 Å². The second-order valence-electron chi connectivity index (χ2n) is 7.61. The number of ether oxygens (including phenoxy) is 2. The topological polar surface area (TPSA) is 76.2 Å². The highest BCUT2D eigenvalue weighted by molar-refractivity contribution is 6.07. The fraction of sp³-hybridized carbons (Fsp3) is 0.833. The highest BCUT2D eigenvalue weighted by Gasteiger charge is 2.49. The van der Waals surface area contributed by atoms with Gasteiger partial charge in [0.05, 0.1) is 25.0 Å². The molecule has 0 bridgehead atoms. The van der Waals surface area contributed by atoms with Crippen molar-refractivity contribution in [3.8, 4) is 0 Å². The lowest BCUT2D eigenvalue weighted by molar-refractivity contribution is -0.149. The number of imide groups is 1. The Balaban J connectivity index is 1.38. The molecule has 0 N–H and O–H groups in total. The zero-order valence-electron chi connectivity index (χ0n) is 14.5. The Labute approximate surface area is 147 Å². The first kappa shape index (κ1) is 17.0. The minimum absolute atomic E-state index is 0.107. The molecule has 25 heavy (non-hydrogen) atoms. The molecule has 0 aromatic rings. The van der Waals surface area contributed by atoms with Crippen LogP contribution in [0.2, 0.25) is 0 Å². The van der Waals surface area contributed by atoms with Gasteiger partial charge in [-0.1, -0.05) is 12.8 Å². The van der Waals surface area contributed by atoms with E-state index in [9.17, 15) is 14.4 Å². The van der Waals surface area contributed by atoms with Crippen LogP contribution in [-0.4, -0.2) is 66.7 Å². The van der Waals surface area contributed by atoms with E-state index in [1.54, 1.807) is 4.90 Å². The maximum atomic E-state index is 12.7. The largest absolute Gasteiger partial charge is 0.350 e. The van der Waals surface area contributed by atoms with Gasteiger partial charge in [-0.3, -0.25) is 19.3 Å². The van der Waals surface area contributed by atoms with Gasteiger partial charge in [0.15, 0.2) is 6.29 Å². The zero-order chi connectivity index (χ0) is 17.4. The number of piperidine rings is 1. The standard InChI is InChI=1S/C18H26N2O5/c21-15(19-7-3-4-12(10-19)18-24-8-9-25-18)11-20-16(22)13-5-1-2-6-14(13)17(20)23/h12-14,18H,1-11H2. The first-order valence-electron chi connectivity index (χ1n) is 9.51. The van der Waals surface area contributed by atoms with Gasteiger partial charge in [0.2, 0.25) is 17.7 Å². The van der Waals surface area contributed by atoms with Crippen LogP contribution in [0, 0.1) is 17.8 Å². The van der Waals surface area contributed by atoms with Gasteiger partial charge in [0, 0.05) is 19.0 Å². The molecule has 3 amide bonds. The van der Waals surface area contributed by atoms with Crippen LogP contribution in [-0.2, 0) is 23.9 Å². The van der Waals surface area contributed by atoms with Crippen LogP contribution in [0.1, 0.15) is 38.5 Å². The smallest absolute Gasteiger partial charge is 0.242 e. The average molecular weight is 350 g/mol. The summed E-state index contributed by atoms with van der Waals surface area (Å²) in [5.74, 6) is -0.624. The van der Waals surface area contributed by atoms with Gasteiger partial charge in [0.25, 0.3) is 0 Å². The molecule has 0 spiro atoms. The van der Waals surface area contributed by atoms with Crippen molar-refractivity contribution < 1.29 is 23.9 Å². The van der Waals surface area contributed by atoms with E-state index >= 15 is 0 Å². The first-order chi connectivity index (χ1) is 12.1. The van der Waals surface area contributed by atoms with Crippen molar-refractivity contribution in [1.82, 2.24) is 9.80 Å². The molecule has 138 valence electrons. The van der Waals surface area contributed by atoms with E-state index in [0.717, 1.165) is 38.5 Å². The van der Waals surface area contributed by atoms with Crippen LogP contribution in [0.3, 0.4) is 0 Å². The third kappa shape index (κ3) is 3.19. The fourth-order valence-corrected chi connectivity index (χ4v) is 4.73. The van der Waals surface area contributed by atoms with Crippen LogP contribution in [0.4, 0.5) is 0 Å². The van der Waals surface area contributed by atoms with E-state index in [-0.39, 0.29) is 48.3 Å². The lowest BCUT2D eigenvalue weighted by Gasteiger charge is -2.35. The van der Waals surface area contributed by atoms with Crippen LogP contribution in [0.5, 0.6) is 0 Å². The van der Waals surface area contributed by atoms with Crippen molar-refractivity contribution in [2.45, 2.75) is 44.8 Å². The van der Waals surface area contributed by atoms with Crippen molar-refractivity contribution in [2.24, 2.45) is 17.8 Å². The fourth-order valence-electron chi connectivity index (χ4n) is 4.73. The average Bonchev–Trinajstić information content (AvgIpc) is 3.26. The number of carbonyl (C=O) groups is 3. The molecule has 3 aliphatic heterocycles. The molecular formula is C18H26N2O5. The van der Waals surface area contributed by atoms with E-state index in [2.05, 4.69) is 0 Å². The summed E-state index contributed by atoms with van der Waals surface area (Å²) < 4.78 is 11.1. The monoisotopic (exact) mass is 350 g/mol. The van der Waals surface area contributed by atoms with Gasteiger partial charge >= 0.3 is 0 Å². The summed E-state index contributed by atoms with van der Waals surface area (Å²) >= 11 is 0. The minimum Gasteiger partial charge on any atom is -0.350 e. The molecule has 7 heteroatoms. The molecule has 1 saturated carbocycles. The normalized spacial score (nSPS) is 33.8. The van der Waals surface area contributed by atoms with Crippen LogP contribution >= 0.6 is 0 Å². The quantitative estimate of drug-likeness (QED) is 0.703. The molecule has 4 rings (SSSR count). The number of carbonyl (C=O) groups excluding carboxylic acids is 3. The van der Waals surface area contributed by atoms with Gasteiger partial charge in [-0.15, -0.1) is 0 Å². The second kappa shape index (κ2) is 7.03. The van der Waals surface area contributed by atoms with Gasteiger partial charge < -0.3 is 14.4 Å². The molecule has 3 unspecified atom stereocenters. The number of hydrogen-bond donors (Lipinski definition) is 0. The molecule has 0 aromatic carbocycles. The molecule has 0 aromatic heterocycles. The molecule has 4 aliphatic rings. The Morgan fingerprint density at radius 3 is 2.24 bits per heavy atom. The summed E-state index contributed by atoms with van der Waals surface area (Å²) in [5, 5.41) is 0. The Morgan fingerprint density at radius 1 is 0.960 bits per heavy atom. The zero-order valence-corrected chi connectivity index (χ0v) is 14.5. The maximum Gasteiger partial charge on any atom is 0.242 e. The number of likely N-dealkylation sites (tertiary alicyclic amines) is 2. The van der Waals surface area contributed by atoms with E-state index in [1.165, 1.54) is 4.90 Å². The first-order valence-corrected chi connectivity index (χ1v) is 9.51. The summed E-state index contributed by atoms with van der Waals surface area (Å²) in [4.78, 5) is 40.8. The van der Waals surface area contributed by atoms with Gasteiger partial charge in [0.1, 0.15) is 6.54 Å². The van der Waals surface area contributed by atoms with Gasteiger partial charge in [-0.2, -0.15) is 0 Å². The summed E-state index contributed by atoms with van der Waals surface area (Å²) in [5.41, 5.74) is 0. The maximum absolute atomic E-state index is 12.7. The van der Waals surface area contributed by atoms with Crippen molar-refractivity contribution in [3.05, 3.63) is 0 Å². The predicted molar refractivity (Wildman–Crippen MR) is 87.2 cm³/mol. The van der Waals surface area contributed by atoms with E-state index in [0.29, 0.717) is 26.3 Å². The van der Waals surface area contributed by atoms with Crippen molar-refractivity contribution in [3.63, 3.8) is 0 Å². The Hall–Kier alpha value is -1.47. The Morgan fingerprint density at radius 2 is 1.60 bits per heavy atom. The van der Waals surface area contributed by atoms with E-state index in [4.69, 9.17) is 9.47 Å². The molecular weight excluding hydrogens is 324 g/mol. The van der Waals surface area contributed by atoms with E-state index < -0.39 is 0 Å². The summed E-state index contributed by atoms with van der Waals surface area (Å²) in [7, 11) is 0. The molecule has 1 aliphatic carbocycles. The number of rotatable bonds is 3. The van der Waals surface area contributed by atoms with E-state index in [1.807, 2.05) is 0 Å². The minimum atomic E-state index is -0.228. The van der Waals surface area contributed by atoms with Crippen molar-refractivity contribution in [1.29, 1.82) is 0 Å². The molecule has 3 saturated heterocycles. The summed E-state index contributed by atoms with van der Waals surface area (Å²) in [6.07, 6.45) is 5.19. The molecule has 3 atom stereocenters. The Kier molecular flexibility index (Phi) is 4.78. The second-order valence-corrected chi connectivity index (χ2v) is 7.61. The van der Waals surface area contributed by atoms with Crippen LogP contribution < -0.4 is 0 Å². The third-order valence-electron chi connectivity index (χ3n) is 6.07. The Bertz CT molecular complexity index is 536.